The van der Waals surface area contributed by atoms with Crippen LogP contribution in [0.4, 0.5) is 13.2 Å². The molecule has 1 aliphatic heterocycles. The molecule has 10 heteroatoms. The summed E-state index contributed by atoms with van der Waals surface area (Å²) in [6, 6.07) is 12.4. The normalized spacial score (nSPS) is 14.2. The summed E-state index contributed by atoms with van der Waals surface area (Å²) >= 11 is 0. The fraction of sp³-hybridized carbons (Fsp3) is 0.238. The van der Waals surface area contributed by atoms with Gasteiger partial charge in [0.15, 0.2) is 0 Å². The maximum Gasteiger partial charge on any atom is 0.314 e. The van der Waals surface area contributed by atoms with E-state index in [1.807, 2.05) is 12.1 Å². The van der Waals surface area contributed by atoms with Crippen LogP contribution in [0.25, 0.3) is 22.7 Å². The average molecular weight is 426 g/mol. The molecule has 31 heavy (non-hydrogen) atoms. The molecule has 0 spiro atoms. The first-order valence-corrected chi connectivity index (χ1v) is 9.68. The fourth-order valence-electron chi connectivity index (χ4n) is 3.38. The van der Waals surface area contributed by atoms with Gasteiger partial charge in [-0.1, -0.05) is 35.5 Å². The van der Waals surface area contributed by atoms with Gasteiger partial charge < -0.3 is 9.73 Å². The van der Waals surface area contributed by atoms with Gasteiger partial charge in [0.2, 0.25) is 5.89 Å². The van der Waals surface area contributed by atoms with E-state index in [1.165, 1.54) is 23.8 Å². The van der Waals surface area contributed by atoms with Crippen molar-refractivity contribution in [3.05, 3.63) is 71.5 Å². The van der Waals surface area contributed by atoms with E-state index in [0.29, 0.717) is 17.2 Å². The molecule has 0 bridgehead atoms. The van der Waals surface area contributed by atoms with E-state index in [-0.39, 0.29) is 18.0 Å². The molecule has 2 aromatic carbocycles. The minimum absolute atomic E-state index is 0.162. The third-order valence-electron chi connectivity index (χ3n) is 5.26. The summed E-state index contributed by atoms with van der Waals surface area (Å²) in [6.07, 6.45) is -1.13. The number of hydrogen-bond donors (Lipinski definition) is 1. The van der Waals surface area contributed by atoms with Gasteiger partial charge in [-0.2, -0.15) is 8.78 Å². The summed E-state index contributed by atoms with van der Waals surface area (Å²) in [7, 11) is 0. The maximum absolute atomic E-state index is 14.6. The number of rotatable bonds is 6. The van der Waals surface area contributed by atoms with Crippen LogP contribution < -0.4 is 5.32 Å². The number of nitrogens with zero attached hydrogens (tertiary/aromatic N) is 5. The Bertz CT molecular complexity index is 1200. The Morgan fingerprint density at radius 1 is 1.03 bits per heavy atom. The lowest BCUT2D eigenvalue weighted by atomic mass is 9.93. The Morgan fingerprint density at radius 3 is 2.45 bits per heavy atom. The molecule has 158 valence electrons. The molecule has 7 nitrogen and oxygen atoms in total. The van der Waals surface area contributed by atoms with Crippen molar-refractivity contribution < 1.29 is 17.6 Å². The van der Waals surface area contributed by atoms with Crippen LogP contribution in [0.3, 0.4) is 0 Å². The number of hydrogen-bond acceptors (Lipinski definition) is 6. The Kier molecular flexibility index (Phi) is 4.99. The first kappa shape index (κ1) is 19.4. The van der Waals surface area contributed by atoms with Crippen LogP contribution in [0.5, 0.6) is 0 Å². The van der Waals surface area contributed by atoms with Crippen LogP contribution in [0.2, 0.25) is 0 Å². The minimum Gasteiger partial charge on any atom is -0.415 e. The molecule has 0 radical (unpaired) electrons. The van der Waals surface area contributed by atoms with Crippen molar-refractivity contribution in [2.75, 3.05) is 13.1 Å². The highest BCUT2D eigenvalue weighted by atomic mass is 19.3. The zero-order valence-corrected chi connectivity index (χ0v) is 16.2. The van der Waals surface area contributed by atoms with Gasteiger partial charge in [-0.25, -0.2) is 9.07 Å². The van der Waals surface area contributed by atoms with Crippen LogP contribution in [0.1, 0.15) is 29.4 Å². The van der Waals surface area contributed by atoms with E-state index in [9.17, 15) is 13.2 Å². The minimum atomic E-state index is -2.88. The van der Waals surface area contributed by atoms with Crippen molar-refractivity contribution in [2.45, 2.75) is 18.9 Å². The first-order valence-electron chi connectivity index (χ1n) is 9.68. The molecule has 0 aliphatic carbocycles. The Labute approximate surface area is 174 Å². The molecule has 1 aliphatic rings. The standard InChI is InChI=1S/C21H17F3N6O/c22-17-7-14(20-27-28-21(31-20)19(23)24)5-6-15(17)10-30-11-18(26-29-30)13-3-1-12(2-4-13)16-8-25-9-16/h1-7,11,16,19,25H,8-10H2. The SMILES string of the molecule is Fc1cc(-c2nnc(C(F)F)o2)ccc1Cn1cc(-c2ccc(C3CNC3)cc2)nn1. The van der Waals surface area contributed by atoms with Crippen molar-refractivity contribution in [3.63, 3.8) is 0 Å². The molecule has 1 fully saturated rings. The fourth-order valence-corrected chi connectivity index (χ4v) is 3.38. The molecule has 0 unspecified atom stereocenters. The number of halogens is 3. The van der Waals surface area contributed by atoms with Crippen molar-refractivity contribution in [1.29, 1.82) is 0 Å². The lowest BCUT2D eigenvalue weighted by Gasteiger charge is -2.27. The molecule has 0 amide bonds. The van der Waals surface area contributed by atoms with Crippen molar-refractivity contribution in [1.82, 2.24) is 30.5 Å². The van der Waals surface area contributed by atoms with Gasteiger partial charge in [-0.3, -0.25) is 0 Å². The summed E-state index contributed by atoms with van der Waals surface area (Å²) in [5.41, 5.74) is 3.51. The van der Waals surface area contributed by atoms with Gasteiger partial charge in [-0.05, 0) is 17.7 Å². The Morgan fingerprint density at radius 2 is 1.81 bits per heavy atom. The highest BCUT2D eigenvalue weighted by Crippen LogP contribution is 2.26. The van der Waals surface area contributed by atoms with Crippen LogP contribution >= 0.6 is 0 Å². The summed E-state index contributed by atoms with van der Waals surface area (Å²) in [5.74, 6) is -0.938. The van der Waals surface area contributed by atoms with Gasteiger partial charge in [0.1, 0.15) is 11.5 Å². The van der Waals surface area contributed by atoms with E-state index >= 15 is 0 Å². The second-order valence-electron chi connectivity index (χ2n) is 7.33. The molecular formula is C21H17F3N6O. The van der Waals surface area contributed by atoms with Gasteiger partial charge in [0.05, 0.1) is 12.7 Å². The van der Waals surface area contributed by atoms with Crippen LogP contribution in [-0.4, -0.2) is 38.3 Å². The Balaban J connectivity index is 1.30. The number of alkyl halides is 2. The second kappa shape index (κ2) is 7.95. The smallest absolute Gasteiger partial charge is 0.314 e. The van der Waals surface area contributed by atoms with Gasteiger partial charge in [-0.15, -0.1) is 15.3 Å². The summed E-state index contributed by atoms with van der Waals surface area (Å²) in [6.45, 7) is 2.16. The molecule has 0 atom stereocenters. The van der Waals surface area contributed by atoms with Gasteiger partial charge in [0, 0.05) is 35.7 Å². The molecule has 2 aromatic heterocycles. The van der Waals surface area contributed by atoms with Crippen LogP contribution in [-0.2, 0) is 6.54 Å². The van der Waals surface area contributed by atoms with Gasteiger partial charge >= 0.3 is 6.43 Å². The van der Waals surface area contributed by atoms with Crippen LogP contribution in [0.15, 0.2) is 53.1 Å². The van der Waals surface area contributed by atoms with Gasteiger partial charge in [0.25, 0.3) is 5.89 Å². The summed E-state index contributed by atoms with van der Waals surface area (Å²) < 4.78 is 46.2. The number of nitrogens with one attached hydrogen (secondary N) is 1. The second-order valence-corrected chi connectivity index (χ2v) is 7.33. The zero-order chi connectivity index (χ0) is 21.4. The summed E-state index contributed by atoms with van der Waals surface area (Å²) in [5, 5.41) is 18.3. The molecule has 0 saturated carbocycles. The lowest BCUT2D eigenvalue weighted by molar-refractivity contribution is 0.116. The van der Waals surface area contributed by atoms with Crippen LogP contribution in [0, 0.1) is 5.82 Å². The zero-order valence-electron chi connectivity index (χ0n) is 16.2. The topological polar surface area (TPSA) is 81.7 Å². The number of aromatic nitrogens is 5. The average Bonchev–Trinajstić information content (AvgIpc) is 3.39. The molecule has 3 heterocycles. The third-order valence-corrected chi connectivity index (χ3v) is 5.26. The van der Waals surface area contributed by atoms with Crippen molar-refractivity contribution >= 4 is 0 Å². The quantitative estimate of drug-likeness (QED) is 0.505. The predicted molar refractivity (Wildman–Crippen MR) is 105 cm³/mol. The van der Waals surface area contributed by atoms with Crippen molar-refractivity contribution in [3.8, 4) is 22.7 Å². The predicted octanol–water partition coefficient (Wildman–Crippen LogP) is 3.81. The van der Waals surface area contributed by atoms with E-state index in [4.69, 9.17) is 4.42 Å². The molecule has 1 N–H and O–H groups in total. The van der Waals surface area contributed by atoms with E-state index in [0.717, 1.165) is 18.7 Å². The largest absolute Gasteiger partial charge is 0.415 e. The van der Waals surface area contributed by atoms with Crippen molar-refractivity contribution in [2.24, 2.45) is 0 Å². The maximum atomic E-state index is 14.6. The van der Waals surface area contributed by atoms with E-state index in [1.54, 1.807) is 10.9 Å². The first-order chi connectivity index (χ1) is 15.1. The lowest BCUT2D eigenvalue weighted by Crippen LogP contribution is -2.39. The Hall–Kier alpha value is -3.53. The van der Waals surface area contributed by atoms with E-state index < -0.39 is 18.1 Å². The molecule has 4 aromatic rings. The number of benzene rings is 2. The molecule has 5 rings (SSSR count). The third kappa shape index (κ3) is 3.93. The highest BCUT2D eigenvalue weighted by molar-refractivity contribution is 5.58. The molecular weight excluding hydrogens is 409 g/mol. The monoisotopic (exact) mass is 426 g/mol. The van der Waals surface area contributed by atoms with E-state index in [2.05, 4.69) is 38.0 Å². The highest BCUT2D eigenvalue weighted by Gasteiger charge is 2.19. The molecule has 1 saturated heterocycles. The summed E-state index contributed by atoms with van der Waals surface area (Å²) in [4.78, 5) is 0.